The average molecular weight is 346 g/mol. The Morgan fingerprint density at radius 2 is 1.50 bits per heavy atom. The smallest absolute Gasteiger partial charge is 0.147 e. The van der Waals surface area contributed by atoms with Crippen LogP contribution in [0.3, 0.4) is 0 Å². The minimum absolute atomic E-state index is 0.0533. The van der Waals surface area contributed by atoms with Crippen molar-refractivity contribution in [3.05, 3.63) is 72.6 Å². The van der Waals surface area contributed by atoms with E-state index in [1.54, 1.807) is 6.20 Å². The van der Waals surface area contributed by atoms with Crippen LogP contribution in [0.25, 0.3) is 11.3 Å². The molecule has 2 aromatic carbocycles. The van der Waals surface area contributed by atoms with Gasteiger partial charge in [0, 0.05) is 37.4 Å². The van der Waals surface area contributed by atoms with Crippen molar-refractivity contribution in [2.45, 2.75) is 6.61 Å². The zero-order chi connectivity index (χ0) is 17.8. The van der Waals surface area contributed by atoms with Crippen molar-refractivity contribution in [1.29, 1.82) is 0 Å². The molecule has 1 aromatic heterocycles. The molecule has 0 aliphatic carbocycles. The number of aliphatic hydroxyl groups is 1. The first kappa shape index (κ1) is 16.5. The molecule has 5 nitrogen and oxygen atoms in total. The Kier molecular flexibility index (Phi) is 4.80. The Labute approximate surface area is 153 Å². The van der Waals surface area contributed by atoms with E-state index in [1.165, 1.54) is 5.69 Å². The van der Waals surface area contributed by atoms with E-state index in [-0.39, 0.29) is 6.61 Å². The summed E-state index contributed by atoms with van der Waals surface area (Å²) in [6.07, 6.45) is 3.63. The number of para-hydroxylation sites is 1. The van der Waals surface area contributed by atoms with E-state index in [0.29, 0.717) is 0 Å². The molecule has 3 aromatic rings. The van der Waals surface area contributed by atoms with Crippen LogP contribution in [0.2, 0.25) is 0 Å². The van der Waals surface area contributed by atoms with E-state index >= 15 is 0 Å². The number of rotatable bonds is 4. The van der Waals surface area contributed by atoms with Crippen LogP contribution in [0.4, 0.5) is 11.5 Å². The van der Waals surface area contributed by atoms with Gasteiger partial charge in [-0.05, 0) is 17.7 Å². The van der Waals surface area contributed by atoms with Crippen LogP contribution in [0.1, 0.15) is 5.56 Å². The minimum atomic E-state index is 0.0533. The molecule has 1 aliphatic heterocycles. The Balaban J connectivity index is 1.47. The second-order valence-electron chi connectivity index (χ2n) is 6.43. The lowest BCUT2D eigenvalue weighted by Gasteiger charge is -2.36. The number of piperazine rings is 1. The van der Waals surface area contributed by atoms with Gasteiger partial charge in [0.2, 0.25) is 0 Å². The zero-order valence-electron chi connectivity index (χ0n) is 14.6. The van der Waals surface area contributed by atoms with Crippen molar-refractivity contribution in [2.24, 2.45) is 0 Å². The number of hydrogen-bond donors (Lipinski definition) is 1. The molecular formula is C21H22N4O. The lowest BCUT2D eigenvalue weighted by atomic mass is 10.1. The van der Waals surface area contributed by atoms with Gasteiger partial charge in [-0.25, -0.2) is 4.98 Å². The summed E-state index contributed by atoms with van der Waals surface area (Å²) < 4.78 is 0. The summed E-state index contributed by atoms with van der Waals surface area (Å²) in [7, 11) is 0. The third-order valence-corrected chi connectivity index (χ3v) is 4.78. The lowest BCUT2D eigenvalue weighted by Crippen LogP contribution is -2.46. The maximum Gasteiger partial charge on any atom is 0.147 e. The first-order valence-electron chi connectivity index (χ1n) is 8.90. The third kappa shape index (κ3) is 3.53. The first-order chi connectivity index (χ1) is 12.8. The molecule has 0 amide bonds. The second-order valence-corrected chi connectivity index (χ2v) is 6.43. The van der Waals surface area contributed by atoms with Crippen molar-refractivity contribution < 1.29 is 5.11 Å². The van der Waals surface area contributed by atoms with Crippen LogP contribution in [0.15, 0.2) is 67.0 Å². The molecule has 0 radical (unpaired) electrons. The van der Waals surface area contributed by atoms with E-state index in [0.717, 1.165) is 48.8 Å². The number of hydrogen-bond acceptors (Lipinski definition) is 5. The molecule has 5 heteroatoms. The summed E-state index contributed by atoms with van der Waals surface area (Å²) in [5, 5.41) is 9.18. The summed E-state index contributed by atoms with van der Waals surface area (Å²) >= 11 is 0. The Bertz CT molecular complexity index is 843. The summed E-state index contributed by atoms with van der Waals surface area (Å²) in [5.41, 5.74) is 4.04. The highest BCUT2D eigenvalue weighted by atomic mass is 16.3. The van der Waals surface area contributed by atoms with E-state index < -0.39 is 0 Å². The molecule has 4 rings (SSSR count). The molecular weight excluding hydrogens is 324 g/mol. The molecule has 1 fully saturated rings. The van der Waals surface area contributed by atoms with Crippen molar-refractivity contribution in [3.63, 3.8) is 0 Å². The molecule has 132 valence electrons. The van der Waals surface area contributed by atoms with Crippen LogP contribution in [-0.4, -0.2) is 41.3 Å². The molecule has 0 spiro atoms. The number of benzene rings is 2. The molecule has 1 aliphatic rings. The molecule has 0 saturated carbocycles. The Morgan fingerprint density at radius 1 is 0.808 bits per heavy atom. The fourth-order valence-corrected chi connectivity index (χ4v) is 3.26. The highest BCUT2D eigenvalue weighted by molar-refractivity contribution is 5.60. The van der Waals surface area contributed by atoms with Gasteiger partial charge in [-0.15, -0.1) is 0 Å². The molecule has 0 unspecified atom stereocenters. The molecule has 26 heavy (non-hydrogen) atoms. The predicted octanol–water partition coefficient (Wildman–Crippen LogP) is 2.96. The van der Waals surface area contributed by atoms with Crippen molar-refractivity contribution in [2.75, 3.05) is 36.0 Å². The topological polar surface area (TPSA) is 52.5 Å². The van der Waals surface area contributed by atoms with E-state index in [4.69, 9.17) is 4.98 Å². The lowest BCUT2D eigenvalue weighted by molar-refractivity contribution is 0.282. The number of anilines is 2. The Hall–Kier alpha value is -2.92. The SMILES string of the molecule is OCc1ccc(-c2cncc(N3CCN(c4ccccc4)CC3)n2)cc1. The summed E-state index contributed by atoms with van der Waals surface area (Å²) in [5.74, 6) is 0.918. The van der Waals surface area contributed by atoms with E-state index in [2.05, 4.69) is 39.0 Å². The van der Waals surface area contributed by atoms with Gasteiger partial charge < -0.3 is 14.9 Å². The minimum Gasteiger partial charge on any atom is -0.392 e. The van der Waals surface area contributed by atoms with Crippen LogP contribution in [-0.2, 0) is 6.61 Å². The highest BCUT2D eigenvalue weighted by Gasteiger charge is 2.18. The largest absolute Gasteiger partial charge is 0.392 e. The maximum atomic E-state index is 9.18. The van der Waals surface area contributed by atoms with Gasteiger partial charge in [0.05, 0.1) is 24.7 Å². The maximum absolute atomic E-state index is 9.18. The van der Waals surface area contributed by atoms with Gasteiger partial charge in [0.15, 0.2) is 0 Å². The Morgan fingerprint density at radius 3 is 2.19 bits per heavy atom. The highest BCUT2D eigenvalue weighted by Crippen LogP contribution is 2.22. The van der Waals surface area contributed by atoms with Crippen LogP contribution < -0.4 is 9.80 Å². The van der Waals surface area contributed by atoms with Crippen molar-refractivity contribution in [1.82, 2.24) is 9.97 Å². The summed E-state index contributed by atoms with van der Waals surface area (Å²) in [6, 6.07) is 18.3. The number of aliphatic hydroxyl groups excluding tert-OH is 1. The molecule has 1 N–H and O–H groups in total. The van der Waals surface area contributed by atoms with Gasteiger partial charge in [-0.3, -0.25) is 4.98 Å². The van der Waals surface area contributed by atoms with Crippen LogP contribution in [0, 0.1) is 0 Å². The van der Waals surface area contributed by atoms with Crippen molar-refractivity contribution >= 4 is 11.5 Å². The zero-order valence-corrected chi connectivity index (χ0v) is 14.6. The number of aromatic nitrogens is 2. The first-order valence-corrected chi connectivity index (χ1v) is 8.90. The van der Waals surface area contributed by atoms with Gasteiger partial charge in [0.1, 0.15) is 5.82 Å². The van der Waals surface area contributed by atoms with E-state index in [9.17, 15) is 5.11 Å². The molecule has 1 saturated heterocycles. The van der Waals surface area contributed by atoms with Crippen molar-refractivity contribution in [3.8, 4) is 11.3 Å². The van der Waals surface area contributed by atoms with Gasteiger partial charge in [-0.1, -0.05) is 42.5 Å². The molecule has 0 atom stereocenters. The summed E-state index contributed by atoms with van der Waals surface area (Å²) in [6.45, 7) is 3.85. The predicted molar refractivity (Wildman–Crippen MR) is 104 cm³/mol. The molecule has 2 heterocycles. The quantitative estimate of drug-likeness (QED) is 0.787. The summed E-state index contributed by atoms with van der Waals surface area (Å²) in [4.78, 5) is 13.9. The standard InChI is InChI=1S/C21H22N4O/c26-16-17-6-8-18(9-7-17)20-14-22-15-21(23-20)25-12-10-24(11-13-25)19-4-2-1-3-5-19/h1-9,14-15,26H,10-13,16H2. The third-order valence-electron chi connectivity index (χ3n) is 4.78. The fraction of sp³-hybridized carbons (Fsp3) is 0.238. The fourth-order valence-electron chi connectivity index (χ4n) is 3.26. The van der Waals surface area contributed by atoms with Gasteiger partial charge in [-0.2, -0.15) is 0 Å². The van der Waals surface area contributed by atoms with Gasteiger partial charge in [0.25, 0.3) is 0 Å². The monoisotopic (exact) mass is 346 g/mol. The average Bonchev–Trinajstić information content (AvgIpc) is 2.75. The van der Waals surface area contributed by atoms with Crippen LogP contribution >= 0.6 is 0 Å². The normalized spacial score (nSPS) is 14.5. The second kappa shape index (κ2) is 7.54. The van der Waals surface area contributed by atoms with Crippen LogP contribution in [0.5, 0.6) is 0 Å². The van der Waals surface area contributed by atoms with Gasteiger partial charge >= 0.3 is 0 Å². The van der Waals surface area contributed by atoms with E-state index in [1.807, 2.05) is 36.5 Å². The number of nitrogens with zero attached hydrogens (tertiary/aromatic N) is 4. The molecule has 0 bridgehead atoms.